The number of likely N-dealkylation sites (tertiary alicyclic amines) is 2. The minimum atomic E-state index is -0.530. The summed E-state index contributed by atoms with van der Waals surface area (Å²) in [6, 6.07) is 6.47. The first-order valence-electron chi connectivity index (χ1n) is 16.1. The Morgan fingerprint density at radius 1 is 0.702 bits per heavy atom. The maximum atomic E-state index is 12.7. The molecule has 0 saturated carbocycles. The van der Waals surface area contributed by atoms with E-state index >= 15 is 0 Å². The van der Waals surface area contributed by atoms with Gasteiger partial charge in [0.1, 0.15) is 13.2 Å². The minimum Gasteiger partial charge on any atom is -0.493 e. The fourth-order valence-corrected chi connectivity index (χ4v) is 6.34. The number of piperidine rings is 2. The Hall–Kier alpha value is -4.42. The van der Waals surface area contributed by atoms with Gasteiger partial charge in [-0.2, -0.15) is 0 Å². The lowest BCUT2D eigenvalue weighted by molar-refractivity contribution is -0.385. The number of amides is 2. The molecule has 0 spiro atoms. The molecule has 0 aromatic heterocycles. The van der Waals surface area contributed by atoms with Crippen LogP contribution in [0.2, 0.25) is 0 Å². The molecule has 2 aliphatic heterocycles. The molecule has 0 aliphatic carbocycles. The van der Waals surface area contributed by atoms with E-state index in [4.69, 9.17) is 28.4 Å². The Morgan fingerprint density at radius 3 is 1.55 bits per heavy atom. The number of hydrogen-bond acceptors (Lipinski definition) is 10. The number of benzene rings is 2. The van der Waals surface area contributed by atoms with Crippen molar-refractivity contribution in [1.29, 1.82) is 0 Å². The summed E-state index contributed by atoms with van der Waals surface area (Å²) in [4.78, 5) is 40.0. The van der Waals surface area contributed by atoms with Crippen molar-refractivity contribution in [3.63, 3.8) is 0 Å². The Kier molecular flexibility index (Phi) is 12.8. The number of hydrogen-bond donors (Lipinski definition) is 0. The lowest BCUT2D eigenvalue weighted by Gasteiger charge is -2.33. The molecule has 0 N–H and O–H groups in total. The Morgan fingerprint density at radius 2 is 1.11 bits per heavy atom. The van der Waals surface area contributed by atoms with Crippen molar-refractivity contribution in [3.05, 3.63) is 51.1 Å². The zero-order chi connectivity index (χ0) is 33.9. The standard InChI is InChI=1S/C34H47N3O10/c1-23-17-29(42-2)30(43-3)18-26(23)21-46-33(38)35-13-9-24(10-14-35)7-6-8-25-11-15-36(16-12-25)34(39)47-22-27-19-31(44-4)32(45-5)20-28(27)37(40)41/h17-20,24-25H,6-16,21-22H2,1-5H3. The van der Waals surface area contributed by atoms with Crippen LogP contribution in [0.5, 0.6) is 23.0 Å². The summed E-state index contributed by atoms with van der Waals surface area (Å²) in [6.07, 6.45) is 6.31. The van der Waals surface area contributed by atoms with Crippen LogP contribution in [0, 0.1) is 28.9 Å². The van der Waals surface area contributed by atoms with E-state index in [0.29, 0.717) is 55.3 Å². The van der Waals surface area contributed by atoms with Gasteiger partial charge in [0.2, 0.25) is 0 Å². The molecular formula is C34H47N3O10. The summed E-state index contributed by atoms with van der Waals surface area (Å²) in [7, 11) is 6.02. The molecule has 13 heteroatoms. The number of nitrogens with zero attached hydrogens (tertiary/aromatic N) is 3. The Labute approximate surface area is 276 Å². The normalized spacial score (nSPS) is 15.6. The molecule has 0 radical (unpaired) electrons. The molecule has 2 amide bonds. The zero-order valence-corrected chi connectivity index (χ0v) is 28.1. The smallest absolute Gasteiger partial charge is 0.410 e. The molecule has 4 rings (SSSR count). The zero-order valence-electron chi connectivity index (χ0n) is 28.1. The largest absolute Gasteiger partial charge is 0.493 e. The first kappa shape index (κ1) is 35.4. The molecule has 2 aromatic rings. The highest BCUT2D eigenvalue weighted by Crippen LogP contribution is 2.35. The van der Waals surface area contributed by atoms with Crippen LogP contribution >= 0.6 is 0 Å². The highest BCUT2D eigenvalue weighted by atomic mass is 16.6. The summed E-state index contributed by atoms with van der Waals surface area (Å²) in [5, 5.41) is 11.5. The highest BCUT2D eigenvalue weighted by molar-refractivity contribution is 5.68. The predicted molar refractivity (Wildman–Crippen MR) is 173 cm³/mol. The lowest BCUT2D eigenvalue weighted by atomic mass is 9.87. The summed E-state index contributed by atoms with van der Waals surface area (Å²) in [6.45, 7) is 4.49. The van der Waals surface area contributed by atoms with E-state index in [1.165, 1.54) is 26.4 Å². The van der Waals surface area contributed by atoms with E-state index in [2.05, 4.69) is 0 Å². The van der Waals surface area contributed by atoms with E-state index in [0.717, 1.165) is 56.1 Å². The van der Waals surface area contributed by atoms with Crippen molar-refractivity contribution < 1.29 is 42.9 Å². The molecule has 13 nitrogen and oxygen atoms in total. The lowest BCUT2D eigenvalue weighted by Crippen LogP contribution is -2.39. The average molecular weight is 658 g/mol. The van der Waals surface area contributed by atoms with Crippen molar-refractivity contribution in [2.45, 2.75) is 65.1 Å². The van der Waals surface area contributed by atoms with E-state index in [9.17, 15) is 19.7 Å². The van der Waals surface area contributed by atoms with Gasteiger partial charge in [-0.15, -0.1) is 0 Å². The summed E-state index contributed by atoms with van der Waals surface area (Å²) in [5.41, 5.74) is 1.90. The highest BCUT2D eigenvalue weighted by Gasteiger charge is 2.27. The fraction of sp³-hybridized carbons (Fsp3) is 0.588. The van der Waals surface area contributed by atoms with Crippen molar-refractivity contribution in [2.24, 2.45) is 11.8 Å². The molecule has 2 saturated heterocycles. The maximum Gasteiger partial charge on any atom is 0.410 e. The van der Waals surface area contributed by atoms with Crippen LogP contribution in [0.1, 0.15) is 61.6 Å². The van der Waals surface area contributed by atoms with Crippen LogP contribution in [-0.4, -0.2) is 81.5 Å². The quantitative estimate of drug-likeness (QED) is 0.173. The number of rotatable bonds is 13. The van der Waals surface area contributed by atoms with Gasteiger partial charge in [-0.3, -0.25) is 10.1 Å². The van der Waals surface area contributed by atoms with Crippen LogP contribution in [0.3, 0.4) is 0 Å². The Bertz CT molecular complexity index is 1380. The summed E-state index contributed by atoms with van der Waals surface area (Å²) < 4.78 is 32.2. The van der Waals surface area contributed by atoms with Crippen molar-refractivity contribution in [3.8, 4) is 23.0 Å². The molecule has 2 aromatic carbocycles. The van der Waals surface area contributed by atoms with Gasteiger partial charge in [0.15, 0.2) is 23.0 Å². The molecule has 2 fully saturated rings. The second-order valence-electron chi connectivity index (χ2n) is 12.1. The molecule has 0 bridgehead atoms. The monoisotopic (exact) mass is 657 g/mol. The van der Waals surface area contributed by atoms with Crippen LogP contribution in [0.25, 0.3) is 0 Å². The predicted octanol–water partition coefficient (Wildman–Crippen LogP) is 6.51. The number of nitro benzene ring substituents is 1. The van der Waals surface area contributed by atoms with Gasteiger partial charge in [-0.1, -0.05) is 19.3 Å². The molecule has 0 atom stereocenters. The first-order valence-corrected chi connectivity index (χ1v) is 16.1. The van der Waals surface area contributed by atoms with Crippen molar-refractivity contribution in [1.82, 2.24) is 9.80 Å². The van der Waals surface area contributed by atoms with Gasteiger partial charge in [0.05, 0.1) is 45.0 Å². The minimum absolute atomic E-state index is 0.182. The number of carbonyl (C=O) groups excluding carboxylic acids is 2. The summed E-state index contributed by atoms with van der Waals surface area (Å²) in [5.74, 6) is 2.95. The van der Waals surface area contributed by atoms with E-state index in [1.807, 2.05) is 19.1 Å². The molecule has 0 unspecified atom stereocenters. The number of methoxy groups -OCH3 is 4. The third kappa shape index (κ3) is 9.32. The number of ether oxygens (including phenoxy) is 6. The van der Waals surface area contributed by atoms with E-state index < -0.39 is 11.0 Å². The third-order valence-corrected chi connectivity index (χ3v) is 9.30. The molecule has 2 heterocycles. The topological polar surface area (TPSA) is 139 Å². The fourth-order valence-electron chi connectivity index (χ4n) is 6.34. The number of nitro groups is 1. The van der Waals surface area contributed by atoms with Crippen LogP contribution in [0.4, 0.5) is 15.3 Å². The van der Waals surface area contributed by atoms with Crippen LogP contribution in [-0.2, 0) is 22.7 Å². The molecule has 2 aliphatic rings. The maximum absolute atomic E-state index is 12.7. The molecule has 47 heavy (non-hydrogen) atoms. The van der Waals surface area contributed by atoms with Crippen LogP contribution in [0.15, 0.2) is 24.3 Å². The number of carbonyl (C=O) groups is 2. The van der Waals surface area contributed by atoms with Crippen LogP contribution < -0.4 is 18.9 Å². The van der Waals surface area contributed by atoms with E-state index in [1.54, 1.807) is 24.0 Å². The van der Waals surface area contributed by atoms with E-state index in [-0.39, 0.29) is 36.3 Å². The third-order valence-electron chi connectivity index (χ3n) is 9.30. The molecular weight excluding hydrogens is 610 g/mol. The van der Waals surface area contributed by atoms with Gasteiger partial charge in [-0.25, -0.2) is 9.59 Å². The second kappa shape index (κ2) is 16.9. The van der Waals surface area contributed by atoms with Gasteiger partial charge in [0, 0.05) is 26.2 Å². The average Bonchev–Trinajstić information content (AvgIpc) is 3.09. The Balaban J connectivity index is 1.12. The summed E-state index contributed by atoms with van der Waals surface area (Å²) >= 11 is 0. The second-order valence-corrected chi connectivity index (χ2v) is 12.1. The molecule has 258 valence electrons. The number of aryl methyl sites for hydroxylation is 1. The van der Waals surface area contributed by atoms with Crippen molar-refractivity contribution in [2.75, 3.05) is 54.6 Å². The van der Waals surface area contributed by atoms with Gasteiger partial charge in [-0.05, 0) is 73.8 Å². The van der Waals surface area contributed by atoms with Gasteiger partial charge < -0.3 is 38.2 Å². The van der Waals surface area contributed by atoms with Crippen molar-refractivity contribution >= 4 is 17.9 Å². The van der Waals surface area contributed by atoms with Gasteiger partial charge in [0.25, 0.3) is 5.69 Å². The SMILES string of the molecule is COc1cc(C)c(COC(=O)N2CCC(CCCC3CCN(C(=O)OCc4cc(OC)c(OC)cc4[N+](=O)[O-])CC3)CC2)cc1OC. The van der Waals surface area contributed by atoms with Gasteiger partial charge >= 0.3 is 12.2 Å². The first-order chi connectivity index (χ1) is 22.7.